The van der Waals surface area contributed by atoms with Crippen molar-refractivity contribution in [3.8, 4) is 0 Å². The van der Waals surface area contributed by atoms with Gasteiger partial charge >= 0.3 is 0 Å². The van der Waals surface area contributed by atoms with E-state index in [2.05, 4.69) is 5.32 Å². The van der Waals surface area contributed by atoms with Crippen LogP contribution in [0.25, 0.3) is 11.0 Å². The van der Waals surface area contributed by atoms with Crippen LogP contribution >= 0.6 is 0 Å². The van der Waals surface area contributed by atoms with E-state index < -0.39 is 0 Å². The number of amides is 1. The molecule has 0 bridgehead atoms. The molecule has 0 saturated heterocycles. The summed E-state index contributed by atoms with van der Waals surface area (Å²) in [6.45, 7) is 1.95. The zero-order chi connectivity index (χ0) is 15.5. The van der Waals surface area contributed by atoms with Crippen molar-refractivity contribution in [3.05, 3.63) is 36.1 Å². The molecule has 1 saturated carbocycles. The number of benzene rings is 1. The summed E-state index contributed by atoms with van der Waals surface area (Å²) in [7, 11) is 0. The Morgan fingerprint density at radius 2 is 2.14 bits per heavy atom. The van der Waals surface area contributed by atoms with Gasteiger partial charge in [0.25, 0.3) is 0 Å². The molecule has 0 radical (unpaired) electrons. The van der Waals surface area contributed by atoms with E-state index in [-0.39, 0.29) is 18.0 Å². The molecule has 1 amide bonds. The SMILES string of the molecule is CC(NC(=O)CC1CCCCC1N)c1cc2ccccc2o1. The quantitative estimate of drug-likeness (QED) is 0.907. The molecule has 118 valence electrons. The first-order valence-electron chi connectivity index (χ1n) is 8.17. The van der Waals surface area contributed by atoms with Gasteiger partial charge in [-0.15, -0.1) is 0 Å². The highest BCUT2D eigenvalue weighted by molar-refractivity contribution is 5.79. The van der Waals surface area contributed by atoms with E-state index >= 15 is 0 Å². The lowest BCUT2D eigenvalue weighted by Crippen LogP contribution is -2.37. The van der Waals surface area contributed by atoms with Gasteiger partial charge < -0.3 is 15.5 Å². The predicted molar refractivity (Wildman–Crippen MR) is 87.3 cm³/mol. The molecule has 1 aliphatic carbocycles. The third-order valence-corrected chi connectivity index (χ3v) is 4.66. The number of furan rings is 1. The van der Waals surface area contributed by atoms with Crippen molar-refractivity contribution >= 4 is 16.9 Å². The molecule has 1 fully saturated rings. The van der Waals surface area contributed by atoms with Crippen molar-refractivity contribution in [2.45, 2.75) is 51.1 Å². The molecule has 3 rings (SSSR count). The van der Waals surface area contributed by atoms with Crippen LogP contribution in [0.2, 0.25) is 0 Å². The monoisotopic (exact) mass is 300 g/mol. The van der Waals surface area contributed by atoms with E-state index in [1.807, 2.05) is 37.3 Å². The second-order valence-electron chi connectivity index (χ2n) is 6.39. The van der Waals surface area contributed by atoms with E-state index in [4.69, 9.17) is 10.2 Å². The van der Waals surface area contributed by atoms with Gasteiger partial charge in [0.05, 0.1) is 6.04 Å². The third kappa shape index (κ3) is 3.33. The molecule has 22 heavy (non-hydrogen) atoms. The summed E-state index contributed by atoms with van der Waals surface area (Å²) < 4.78 is 5.80. The summed E-state index contributed by atoms with van der Waals surface area (Å²) in [5.41, 5.74) is 6.98. The number of hydrogen-bond donors (Lipinski definition) is 2. The predicted octanol–water partition coefficient (Wildman–Crippen LogP) is 3.52. The van der Waals surface area contributed by atoms with Gasteiger partial charge in [0.15, 0.2) is 0 Å². The van der Waals surface area contributed by atoms with E-state index in [0.29, 0.717) is 12.3 Å². The first kappa shape index (κ1) is 15.1. The van der Waals surface area contributed by atoms with Crippen LogP contribution in [0.1, 0.15) is 50.8 Å². The second-order valence-corrected chi connectivity index (χ2v) is 6.39. The Bertz CT molecular complexity index is 616. The average molecular weight is 300 g/mol. The first-order chi connectivity index (χ1) is 10.6. The summed E-state index contributed by atoms with van der Waals surface area (Å²) >= 11 is 0. The normalized spacial score (nSPS) is 23.4. The number of nitrogens with two attached hydrogens (primary N) is 1. The lowest BCUT2D eigenvalue weighted by Gasteiger charge is -2.28. The highest BCUT2D eigenvalue weighted by atomic mass is 16.3. The molecule has 0 spiro atoms. The number of hydrogen-bond acceptors (Lipinski definition) is 3. The number of carbonyl (C=O) groups excluding carboxylic acids is 1. The Kier molecular flexibility index (Phi) is 4.48. The van der Waals surface area contributed by atoms with Crippen molar-refractivity contribution in [1.29, 1.82) is 0 Å². The van der Waals surface area contributed by atoms with Crippen molar-refractivity contribution in [3.63, 3.8) is 0 Å². The van der Waals surface area contributed by atoms with Crippen LogP contribution in [-0.4, -0.2) is 11.9 Å². The van der Waals surface area contributed by atoms with Crippen molar-refractivity contribution in [1.82, 2.24) is 5.32 Å². The van der Waals surface area contributed by atoms with E-state index in [1.165, 1.54) is 12.8 Å². The van der Waals surface area contributed by atoms with Crippen LogP contribution in [0.15, 0.2) is 34.7 Å². The number of para-hydroxylation sites is 1. The molecule has 3 unspecified atom stereocenters. The number of fused-ring (bicyclic) bond motifs is 1. The first-order valence-corrected chi connectivity index (χ1v) is 8.17. The molecule has 1 heterocycles. The fraction of sp³-hybridized carbons (Fsp3) is 0.500. The zero-order valence-electron chi connectivity index (χ0n) is 13.0. The Morgan fingerprint density at radius 3 is 2.91 bits per heavy atom. The number of rotatable bonds is 4. The van der Waals surface area contributed by atoms with Crippen LogP contribution < -0.4 is 11.1 Å². The van der Waals surface area contributed by atoms with Gasteiger partial charge in [-0.05, 0) is 37.8 Å². The van der Waals surface area contributed by atoms with Crippen molar-refractivity contribution in [2.24, 2.45) is 11.7 Å². The van der Waals surface area contributed by atoms with E-state index in [0.717, 1.165) is 29.6 Å². The average Bonchev–Trinajstić information content (AvgIpc) is 2.93. The fourth-order valence-corrected chi connectivity index (χ4v) is 3.32. The van der Waals surface area contributed by atoms with Gasteiger partial charge in [-0.3, -0.25) is 4.79 Å². The smallest absolute Gasteiger partial charge is 0.220 e. The Balaban J connectivity index is 1.60. The second kappa shape index (κ2) is 6.53. The van der Waals surface area contributed by atoms with Crippen LogP contribution in [0.4, 0.5) is 0 Å². The lowest BCUT2D eigenvalue weighted by molar-refractivity contribution is -0.123. The van der Waals surface area contributed by atoms with Gasteiger partial charge in [-0.2, -0.15) is 0 Å². The standard InChI is InChI=1S/C18H24N2O2/c1-12(17-10-14-7-3-5-9-16(14)22-17)20-18(21)11-13-6-2-4-8-15(13)19/h3,5,7,9-10,12-13,15H,2,4,6,8,11,19H2,1H3,(H,20,21). The molecular formula is C18H24N2O2. The van der Waals surface area contributed by atoms with Crippen LogP contribution in [0.3, 0.4) is 0 Å². The maximum atomic E-state index is 12.2. The lowest BCUT2D eigenvalue weighted by atomic mass is 9.83. The zero-order valence-corrected chi connectivity index (χ0v) is 13.0. The van der Waals surface area contributed by atoms with Crippen LogP contribution in [0, 0.1) is 5.92 Å². The van der Waals surface area contributed by atoms with Crippen LogP contribution in [-0.2, 0) is 4.79 Å². The number of carbonyl (C=O) groups is 1. The van der Waals surface area contributed by atoms with Gasteiger partial charge in [0.1, 0.15) is 11.3 Å². The highest BCUT2D eigenvalue weighted by Gasteiger charge is 2.25. The highest BCUT2D eigenvalue weighted by Crippen LogP contribution is 2.27. The molecule has 4 heteroatoms. The largest absolute Gasteiger partial charge is 0.459 e. The topological polar surface area (TPSA) is 68.3 Å². The number of nitrogens with one attached hydrogen (secondary N) is 1. The molecule has 1 aromatic carbocycles. The van der Waals surface area contributed by atoms with Crippen LogP contribution in [0.5, 0.6) is 0 Å². The molecule has 2 aromatic rings. The van der Waals surface area contributed by atoms with Crippen molar-refractivity contribution < 1.29 is 9.21 Å². The fourth-order valence-electron chi connectivity index (χ4n) is 3.32. The summed E-state index contributed by atoms with van der Waals surface area (Å²) in [5.74, 6) is 1.18. The minimum Gasteiger partial charge on any atom is -0.459 e. The minimum absolute atomic E-state index is 0.0651. The molecule has 3 atom stereocenters. The summed E-state index contributed by atoms with van der Waals surface area (Å²) in [6.07, 6.45) is 5.00. The maximum absolute atomic E-state index is 12.2. The molecular weight excluding hydrogens is 276 g/mol. The summed E-state index contributed by atoms with van der Waals surface area (Å²) in [6, 6.07) is 9.91. The molecule has 3 N–H and O–H groups in total. The summed E-state index contributed by atoms with van der Waals surface area (Å²) in [5, 5.41) is 4.10. The third-order valence-electron chi connectivity index (χ3n) is 4.66. The van der Waals surface area contributed by atoms with Gasteiger partial charge in [-0.1, -0.05) is 31.0 Å². The molecule has 4 nitrogen and oxygen atoms in total. The van der Waals surface area contributed by atoms with E-state index in [9.17, 15) is 4.79 Å². The van der Waals surface area contributed by atoms with Crippen molar-refractivity contribution in [2.75, 3.05) is 0 Å². The molecule has 0 aliphatic heterocycles. The molecule has 1 aromatic heterocycles. The van der Waals surface area contributed by atoms with Gasteiger partial charge in [-0.25, -0.2) is 0 Å². The Morgan fingerprint density at radius 1 is 1.36 bits per heavy atom. The Labute approximate surface area is 131 Å². The minimum atomic E-state index is -0.125. The Hall–Kier alpha value is -1.81. The van der Waals surface area contributed by atoms with E-state index in [1.54, 1.807) is 0 Å². The van der Waals surface area contributed by atoms with Gasteiger partial charge in [0.2, 0.25) is 5.91 Å². The van der Waals surface area contributed by atoms with Gasteiger partial charge in [0, 0.05) is 17.8 Å². The summed E-state index contributed by atoms with van der Waals surface area (Å²) in [4.78, 5) is 12.2. The maximum Gasteiger partial charge on any atom is 0.220 e. The molecule has 1 aliphatic rings.